The first kappa shape index (κ1) is 22.7. The number of carbonyl (C=O) groups is 4. The summed E-state index contributed by atoms with van der Waals surface area (Å²) in [4.78, 5) is 49.5. The molecule has 0 unspecified atom stereocenters. The second-order valence-corrected chi connectivity index (χ2v) is 7.21. The molecule has 10 nitrogen and oxygen atoms in total. The Morgan fingerprint density at radius 3 is 2.34 bits per heavy atom. The third-order valence-electron chi connectivity index (χ3n) is 4.79. The largest absolute Gasteiger partial charge is 0.458 e. The summed E-state index contributed by atoms with van der Waals surface area (Å²) in [7, 11) is 0. The number of nitrogens with one attached hydrogen (secondary N) is 3. The van der Waals surface area contributed by atoms with Gasteiger partial charge in [0.2, 0.25) is 0 Å². The van der Waals surface area contributed by atoms with Gasteiger partial charge in [0.1, 0.15) is 11.5 Å². The zero-order chi connectivity index (χ0) is 22.8. The maximum Gasteiger partial charge on any atom is 0.329 e. The first-order valence-electron chi connectivity index (χ1n) is 10.4. The fraction of sp³-hybridized carbons (Fsp3) is 0.318. The van der Waals surface area contributed by atoms with E-state index in [9.17, 15) is 19.2 Å². The molecule has 0 radical (unpaired) electrons. The number of hydrazone groups is 1. The monoisotopic (exact) mass is 439 g/mol. The van der Waals surface area contributed by atoms with Crippen LogP contribution in [0.5, 0.6) is 0 Å². The average Bonchev–Trinajstić information content (AvgIpc) is 3.08. The molecule has 3 N–H and O–H groups in total. The lowest BCUT2D eigenvalue weighted by Gasteiger charge is -2.18. The molecule has 32 heavy (non-hydrogen) atoms. The zero-order valence-corrected chi connectivity index (χ0v) is 17.5. The van der Waals surface area contributed by atoms with Gasteiger partial charge in [0, 0.05) is 18.8 Å². The van der Waals surface area contributed by atoms with Gasteiger partial charge in [0.15, 0.2) is 0 Å². The summed E-state index contributed by atoms with van der Waals surface area (Å²) < 4.78 is 5.46. The maximum atomic E-state index is 12.2. The van der Waals surface area contributed by atoms with E-state index in [2.05, 4.69) is 21.2 Å². The molecule has 0 atom stereocenters. The lowest BCUT2D eigenvalue weighted by Crippen LogP contribution is -2.41. The van der Waals surface area contributed by atoms with Crippen LogP contribution in [0.1, 0.15) is 37.2 Å². The molecule has 1 aromatic carbocycles. The van der Waals surface area contributed by atoms with E-state index in [1.165, 1.54) is 6.21 Å². The van der Waals surface area contributed by atoms with Crippen molar-refractivity contribution in [3.05, 3.63) is 54.0 Å². The Morgan fingerprint density at radius 2 is 1.62 bits per heavy atom. The number of anilines is 1. The Morgan fingerprint density at radius 1 is 0.906 bits per heavy atom. The normalized spacial score (nSPS) is 13.9. The number of carbonyl (C=O) groups excluding carboxylic acids is 4. The number of hydrogen-bond donors (Lipinski definition) is 3. The van der Waals surface area contributed by atoms with Crippen LogP contribution in [0.3, 0.4) is 0 Å². The van der Waals surface area contributed by atoms with Gasteiger partial charge >= 0.3 is 23.6 Å². The standard InChI is InChI=1S/C22H25N5O5/c28-19(20(29)25-16-8-4-3-5-9-16)23-14-17-10-11-18(32-17)15-24-26-21(30)22(31)27-12-6-1-2-7-13-27/h3-5,8-11,15H,1-2,6-7,12-14H2,(H,23,28)(H,25,29)(H,26,30)/b24-15+. The molecule has 0 spiro atoms. The van der Waals surface area contributed by atoms with Gasteiger partial charge in [-0.3, -0.25) is 19.2 Å². The van der Waals surface area contributed by atoms with Crippen molar-refractivity contribution in [3.63, 3.8) is 0 Å². The van der Waals surface area contributed by atoms with Crippen LogP contribution < -0.4 is 16.1 Å². The number of furan rings is 1. The van der Waals surface area contributed by atoms with Crippen molar-refractivity contribution in [1.82, 2.24) is 15.6 Å². The Bertz CT molecular complexity index is 978. The molecule has 0 aliphatic carbocycles. The second kappa shape index (κ2) is 11.4. The summed E-state index contributed by atoms with van der Waals surface area (Å²) in [6.07, 6.45) is 5.15. The molecule has 10 heteroatoms. The highest BCUT2D eigenvalue weighted by molar-refractivity contribution is 6.39. The molecule has 168 valence electrons. The highest BCUT2D eigenvalue weighted by atomic mass is 16.3. The number of rotatable bonds is 5. The molecule has 4 amide bonds. The van der Waals surface area contributed by atoms with Gasteiger partial charge in [-0.1, -0.05) is 31.0 Å². The third-order valence-corrected chi connectivity index (χ3v) is 4.79. The summed E-state index contributed by atoms with van der Waals surface area (Å²) >= 11 is 0. The second-order valence-electron chi connectivity index (χ2n) is 7.21. The number of amides is 4. The molecule has 1 aliphatic rings. The SMILES string of the molecule is O=C(NCc1ccc(/C=N/NC(=O)C(=O)N2CCCCCC2)o1)C(=O)Nc1ccccc1. The van der Waals surface area contributed by atoms with E-state index in [0.717, 1.165) is 25.7 Å². The van der Waals surface area contributed by atoms with Gasteiger partial charge in [0.25, 0.3) is 0 Å². The van der Waals surface area contributed by atoms with Crippen LogP contribution >= 0.6 is 0 Å². The van der Waals surface area contributed by atoms with Gasteiger partial charge in [-0.15, -0.1) is 0 Å². The number of nitrogens with zero attached hydrogens (tertiary/aromatic N) is 2. The van der Waals surface area contributed by atoms with E-state index in [1.807, 2.05) is 0 Å². The minimum Gasteiger partial charge on any atom is -0.458 e. The van der Waals surface area contributed by atoms with E-state index in [0.29, 0.717) is 30.3 Å². The molecule has 1 aromatic heterocycles. The fourth-order valence-electron chi connectivity index (χ4n) is 3.14. The van der Waals surface area contributed by atoms with E-state index < -0.39 is 23.6 Å². The van der Waals surface area contributed by atoms with Crippen molar-refractivity contribution < 1.29 is 23.6 Å². The van der Waals surface area contributed by atoms with E-state index in [-0.39, 0.29) is 6.54 Å². The minimum absolute atomic E-state index is 0.00527. The van der Waals surface area contributed by atoms with E-state index in [4.69, 9.17) is 4.42 Å². The third kappa shape index (κ3) is 6.79. The van der Waals surface area contributed by atoms with Crippen LogP contribution in [0.15, 0.2) is 52.0 Å². The van der Waals surface area contributed by atoms with Crippen LogP contribution in [0.25, 0.3) is 0 Å². The van der Waals surface area contributed by atoms with Crippen LogP contribution in [0.2, 0.25) is 0 Å². The van der Waals surface area contributed by atoms with Crippen LogP contribution in [-0.4, -0.2) is 47.8 Å². The number of hydrogen-bond acceptors (Lipinski definition) is 6. The predicted molar refractivity (Wildman–Crippen MR) is 116 cm³/mol. The summed E-state index contributed by atoms with van der Waals surface area (Å²) in [5, 5.41) is 8.69. The van der Waals surface area contributed by atoms with Crippen LogP contribution in [0, 0.1) is 0 Å². The number of para-hydroxylation sites is 1. The molecule has 0 bridgehead atoms. The average molecular weight is 439 g/mol. The number of benzene rings is 1. The van der Waals surface area contributed by atoms with Gasteiger partial charge < -0.3 is 20.0 Å². The van der Waals surface area contributed by atoms with Crippen molar-refractivity contribution >= 4 is 35.5 Å². The molecule has 0 saturated carbocycles. The summed E-state index contributed by atoms with van der Waals surface area (Å²) in [6, 6.07) is 11.8. The van der Waals surface area contributed by atoms with Crippen LogP contribution in [0.4, 0.5) is 5.69 Å². The Labute approximate surface area is 185 Å². The first-order valence-corrected chi connectivity index (χ1v) is 10.4. The smallest absolute Gasteiger partial charge is 0.329 e. The van der Waals surface area contributed by atoms with Gasteiger partial charge in [-0.05, 0) is 37.1 Å². The van der Waals surface area contributed by atoms with Gasteiger partial charge in [-0.2, -0.15) is 5.10 Å². The molecule has 1 fully saturated rings. The molecular formula is C22H25N5O5. The summed E-state index contributed by atoms with van der Waals surface area (Å²) in [6.45, 7) is 1.15. The molecule has 2 aromatic rings. The van der Waals surface area contributed by atoms with E-state index in [1.54, 1.807) is 47.4 Å². The molecule has 2 heterocycles. The minimum atomic E-state index is -0.806. The topological polar surface area (TPSA) is 133 Å². The summed E-state index contributed by atoms with van der Waals surface area (Å²) in [5.74, 6) is -2.29. The van der Waals surface area contributed by atoms with E-state index >= 15 is 0 Å². The van der Waals surface area contributed by atoms with Crippen molar-refractivity contribution in [1.29, 1.82) is 0 Å². The highest BCUT2D eigenvalue weighted by Gasteiger charge is 2.22. The first-order chi connectivity index (χ1) is 15.5. The Balaban J connectivity index is 1.42. The van der Waals surface area contributed by atoms with Gasteiger partial charge in [0.05, 0.1) is 12.8 Å². The molecular weight excluding hydrogens is 414 g/mol. The predicted octanol–water partition coefficient (Wildman–Crippen LogP) is 1.39. The summed E-state index contributed by atoms with van der Waals surface area (Å²) in [5.41, 5.74) is 2.72. The van der Waals surface area contributed by atoms with Crippen molar-refractivity contribution in [2.45, 2.75) is 32.2 Å². The molecule has 3 rings (SSSR count). The van der Waals surface area contributed by atoms with Crippen LogP contribution in [-0.2, 0) is 25.7 Å². The van der Waals surface area contributed by atoms with Gasteiger partial charge in [-0.25, -0.2) is 5.43 Å². The Kier molecular flexibility index (Phi) is 8.13. The quantitative estimate of drug-likeness (QED) is 0.368. The lowest BCUT2D eigenvalue weighted by atomic mass is 10.2. The Hall–Kier alpha value is -3.95. The molecule has 1 aliphatic heterocycles. The lowest BCUT2D eigenvalue weighted by molar-refractivity contribution is -0.145. The van der Waals surface area contributed by atoms with Crippen molar-refractivity contribution in [2.75, 3.05) is 18.4 Å². The molecule has 1 saturated heterocycles. The fourth-order valence-corrected chi connectivity index (χ4v) is 3.14. The van der Waals surface area contributed by atoms with Crippen molar-refractivity contribution in [2.24, 2.45) is 5.10 Å². The number of likely N-dealkylation sites (tertiary alicyclic amines) is 1. The maximum absolute atomic E-state index is 12.2. The zero-order valence-electron chi connectivity index (χ0n) is 17.5. The highest BCUT2D eigenvalue weighted by Crippen LogP contribution is 2.10. The van der Waals surface area contributed by atoms with Crippen molar-refractivity contribution in [3.8, 4) is 0 Å².